The molecule has 0 fully saturated rings. The van der Waals surface area contributed by atoms with Crippen LogP contribution in [0.5, 0.6) is 0 Å². The third-order valence-corrected chi connectivity index (χ3v) is 2.29. The first-order valence-corrected chi connectivity index (χ1v) is 4.28. The minimum absolute atomic E-state index is 0.00690. The Labute approximate surface area is 76.2 Å². The van der Waals surface area contributed by atoms with Gasteiger partial charge in [0.05, 0.1) is 25.1 Å². The van der Waals surface area contributed by atoms with E-state index in [1.54, 1.807) is 17.4 Å². The smallest absolute Gasteiger partial charge is 0.236 e. The second kappa shape index (κ2) is 3.18. The fraction of sp³-hybridized carbons (Fsp3) is 0.500. The summed E-state index contributed by atoms with van der Waals surface area (Å²) >= 11 is 0. The van der Waals surface area contributed by atoms with E-state index < -0.39 is 0 Å². The Kier molecular flexibility index (Phi) is 2.02. The van der Waals surface area contributed by atoms with Gasteiger partial charge in [-0.25, -0.2) is 4.98 Å². The van der Waals surface area contributed by atoms with Gasteiger partial charge in [0.2, 0.25) is 5.91 Å². The topological polar surface area (TPSA) is 64.2 Å². The maximum absolute atomic E-state index is 11.3. The molecule has 2 N–H and O–H groups in total. The van der Waals surface area contributed by atoms with Crippen LogP contribution >= 0.6 is 0 Å². The molecule has 0 saturated carbocycles. The molecule has 13 heavy (non-hydrogen) atoms. The fourth-order valence-corrected chi connectivity index (χ4v) is 1.53. The van der Waals surface area contributed by atoms with Gasteiger partial charge in [-0.1, -0.05) is 0 Å². The molecule has 1 aromatic heterocycles. The van der Waals surface area contributed by atoms with Gasteiger partial charge in [-0.05, 0) is 0 Å². The molecule has 0 radical (unpaired) electrons. The first-order chi connectivity index (χ1) is 6.31. The lowest BCUT2D eigenvalue weighted by Crippen LogP contribution is -2.41. The predicted molar refractivity (Wildman–Crippen MR) is 46.7 cm³/mol. The number of imidazole rings is 1. The highest BCUT2D eigenvalue weighted by atomic mass is 16.2. The monoisotopic (exact) mass is 180 g/mol. The molecule has 0 unspecified atom stereocenters. The number of nitrogens with two attached hydrogens (primary N) is 1. The lowest BCUT2D eigenvalue weighted by atomic mass is 10.3. The zero-order valence-electron chi connectivity index (χ0n) is 7.31. The molecular formula is C8H12N4O. The number of carbonyl (C=O) groups excluding carboxylic acids is 1. The molecule has 1 aliphatic heterocycles. The van der Waals surface area contributed by atoms with E-state index in [0.29, 0.717) is 6.54 Å². The van der Waals surface area contributed by atoms with Crippen molar-refractivity contribution in [2.45, 2.75) is 13.1 Å². The molecule has 5 heteroatoms. The van der Waals surface area contributed by atoms with Crippen LogP contribution in [0.15, 0.2) is 12.5 Å². The molecule has 2 rings (SSSR count). The van der Waals surface area contributed by atoms with Crippen LogP contribution in [0, 0.1) is 0 Å². The standard InChI is InChI=1S/C8H12N4O/c9-3-8(13)11-1-2-12-6-10-4-7(12)5-11/h4,6H,1-3,5,9H2. The van der Waals surface area contributed by atoms with Crippen LogP contribution in [0.25, 0.3) is 0 Å². The molecule has 0 aromatic carbocycles. The molecule has 0 atom stereocenters. The molecule has 1 amide bonds. The predicted octanol–water partition coefficient (Wildman–Crippen LogP) is -0.816. The molecule has 2 heterocycles. The summed E-state index contributed by atoms with van der Waals surface area (Å²) in [5, 5.41) is 0. The normalized spacial score (nSPS) is 15.6. The SMILES string of the molecule is NCC(=O)N1CCn2cncc2C1. The van der Waals surface area contributed by atoms with Crippen molar-refractivity contribution >= 4 is 5.91 Å². The molecule has 0 aliphatic carbocycles. The maximum atomic E-state index is 11.3. The maximum Gasteiger partial charge on any atom is 0.236 e. The van der Waals surface area contributed by atoms with E-state index >= 15 is 0 Å². The molecule has 0 bridgehead atoms. The van der Waals surface area contributed by atoms with Gasteiger partial charge >= 0.3 is 0 Å². The minimum Gasteiger partial charge on any atom is -0.334 e. The van der Waals surface area contributed by atoms with Crippen molar-refractivity contribution in [3.05, 3.63) is 18.2 Å². The van der Waals surface area contributed by atoms with Crippen molar-refractivity contribution in [3.63, 3.8) is 0 Å². The highest BCUT2D eigenvalue weighted by molar-refractivity contribution is 5.78. The number of fused-ring (bicyclic) bond motifs is 1. The number of hydrogen-bond donors (Lipinski definition) is 1. The summed E-state index contributed by atoms with van der Waals surface area (Å²) in [6.45, 7) is 2.28. The Morgan fingerprint density at radius 2 is 2.46 bits per heavy atom. The van der Waals surface area contributed by atoms with E-state index in [-0.39, 0.29) is 12.5 Å². The molecule has 70 valence electrons. The summed E-state index contributed by atoms with van der Waals surface area (Å²) in [5.41, 5.74) is 6.36. The Morgan fingerprint density at radius 3 is 3.23 bits per heavy atom. The summed E-state index contributed by atoms with van der Waals surface area (Å²) in [4.78, 5) is 17.0. The Bertz CT molecular complexity index is 320. The first kappa shape index (κ1) is 8.25. The third kappa shape index (κ3) is 1.42. The van der Waals surface area contributed by atoms with Gasteiger partial charge in [0.25, 0.3) is 0 Å². The molecule has 1 aromatic rings. The number of rotatable bonds is 1. The molecule has 1 aliphatic rings. The van der Waals surface area contributed by atoms with Crippen LogP contribution in [-0.4, -0.2) is 33.4 Å². The zero-order chi connectivity index (χ0) is 9.26. The third-order valence-electron chi connectivity index (χ3n) is 2.29. The summed E-state index contributed by atoms with van der Waals surface area (Å²) in [6.07, 6.45) is 3.58. The van der Waals surface area contributed by atoms with Crippen LogP contribution in [-0.2, 0) is 17.9 Å². The van der Waals surface area contributed by atoms with Crippen LogP contribution < -0.4 is 5.73 Å². The first-order valence-electron chi connectivity index (χ1n) is 4.28. The van der Waals surface area contributed by atoms with Crippen molar-refractivity contribution in [1.82, 2.24) is 14.5 Å². The van der Waals surface area contributed by atoms with Crippen LogP contribution in [0.3, 0.4) is 0 Å². The van der Waals surface area contributed by atoms with Crippen LogP contribution in [0.4, 0.5) is 0 Å². The van der Waals surface area contributed by atoms with E-state index in [9.17, 15) is 4.79 Å². The summed E-state index contributed by atoms with van der Waals surface area (Å²) in [7, 11) is 0. The van der Waals surface area contributed by atoms with E-state index in [1.807, 2.05) is 0 Å². The van der Waals surface area contributed by atoms with E-state index in [2.05, 4.69) is 9.55 Å². The van der Waals surface area contributed by atoms with Crippen molar-refractivity contribution in [2.75, 3.05) is 13.1 Å². The summed E-state index contributed by atoms with van der Waals surface area (Å²) in [6, 6.07) is 0. The number of carbonyl (C=O) groups is 1. The summed E-state index contributed by atoms with van der Waals surface area (Å²) in [5.74, 6) is 0.00690. The van der Waals surface area contributed by atoms with Crippen molar-refractivity contribution < 1.29 is 4.79 Å². The van der Waals surface area contributed by atoms with Crippen molar-refractivity contribution in [3.8, 4) is 0 Å². The molecule has 0 spiro atoms. The number of nitrogens with zero attached hydrogens (tertiary/aromatic N) is 3. The van der Waals surface area contributed by atoms with Gasteiger partial charge in [0.1, 0.15) is 0 Å². The molecule has 0 saturated heterocycles. The lowest BCUT2D eigenvalue weighted by molar-refractivity contribution is -0.131. The number of amides is 1. The number of hydrogen-bond acceptors (Lipinski definition) is 3. The van der Waals surface area contributed by atoms with E-state index in [1.165, 1.54) is 0 Å². The molecular weight excluding hydrogens is 168 g/mol. The average molecular weight is 180 g/mol. The largest absolute Gasteiger partial charge is 0.334 e. The Balaban J connectivity index is 2.13. The second-order valence-corrected chi connectivity index (χ2v) is 3.10. The molecule has 5 nitrogen and oxygen atoms in total. The van der Waals surface area contributed by atoms with Gasteiger partial charge in [-0.2, -0.15) is 0 Å². The minimum atomic E-state index is 0.00690. The average Bonchev–Trinajstić information content (AvgIpc) is 2.63. The fourth-order valence-electron chi connectivity index (χ4n) is 1.53. The summed E-state index contributed by atoms with van der Waals surface area (Å²) < 4.78 is 2.06. The van der Waals surface area contributed by atoms with Gasteiger partial charge in [0.15, 0.2) is 0 Å². The highest BCUT2D eigenvalue weighted by Gasteiger charge is 2.18. The van der Waals surface area contributed by atoms with E-state index in [0.717, 1.165) is 18.8 Å². The van der Waals surface area contributed by atoms with E-state index in [4.69, 9.17) is 5.73 Å². The Hall–Kier alpha value is -1.36. The second-order valence-electron chi connectivity index (χ2n) is 3.10. The number of aromatic nitrogens is 2. The van der Waals surface area contributed by atoms with Gasteiger partial charge in [-0.3, -0.25) is 4.79 Å². The van der Waals surface area contributed by atoms with Gasteiger partial charge in [0, 0.05) is 19.3 Å². The zero-order valence-corrected chi connectivity index (χ0v) is 7.31. The van der Waals surface area contributed by atoms with Crippen LogP contribution in [0.2, 0.25) is 0 Å². The van der Waals surface area contributed by atoms with Crippen molar-refractivity contribution in [2.24, 2.45) is 5.73 Å². The Morgan fingerprint density at radius 1 is 1.62 bits per heavy atom. The lowest BCUT2D eigenvalue weighted by Gasteiger charge is -2.27. The van der Waals surface area contributed by atoms with Gasteiger partial charge < -0.3 is 15.2 Å². The van der Waals surface area contributed by atoms with Crippen LogP contribution in [0.1, 0.15) is 5.69 Å². The van der Waals surface area contributed by atoms with Gasteiger partial charge in [-0.15, -0.1) is 0 Å². The van der Waals surface area contributed by atoms with Crippen molar-refractivity contribution in [1.29, 1.82) is 0 Å². The highest BCUT2D eigenvalue weighted by Crippen LogP contribution is 2.10. The quantitative estimate of drug-likeness (QED) is 0.614.